The van der Waals surface area contributed by atoms with Crippen LogP contribution in [0.5, 0.6) is 0 Å². The Morgan fingerprint density at radius 2 is 1.61 bits per heavy atom. The molecule has 1 fully saturated rings. The Balaban J connectivity index is 1.62. The average Bonchev–Trinajstić information content (AvgIpc) is 2.68. The first-order valence-corrected chi connectivity index (χ1v) is 10.4. The standard InChI is InChI=1S/C20H23F3N4S/c1-26-10-12-27(13-11-26)19-24-17-5-3-2-4-16(17)18(25-19)28-15-8-6-14(7-9-15)20(21,22)23/h6-9H,2-5,10-13H2,1H3. The van der Waals surface area contributed by atoms with Crippen molar-refractivity contribution in [2.45, 2.75) is 41.8 Å². The Morgan fingerprint density at radius 1 is 0.929 bits per heavy atom. The maximum absolute atomic E-state index is 12.8. The van der Waals surface area contributed by atoms with Gasteiger partial charge in [-0.2, -0.15) is 13.2 Å². The third-order valence-electron chi connectivity index (χ3n) is 5.32. The maximum atomic E-state index is 12.8. The Labute approximate surface area is 167 Å². The van der Waals surface area contributed by atoms with Crippen molar-refractivity contribution in [2.75, 3.05) is 38.1 Å². The van der Waals surface area contributed by atoms with Crippen LogP contribution >= 0.6 is 11.8 Å². The molecule has 4 nitrogen and oxygen atoms in total. The summed E-state index contributed by atoms with van der Waals surface area (Å²) in [6.45, 7) is 3.73. The monoisotopic (exact) mass is 408 g/mol. The number of fused-ring (bicyclic) bond motifs is 1. The van der Waals surface area contributed by atoms with E-state index in [4.69, 9.17) is 9.97 Å². The molecule has 0 bridgehead atoms. The minimum Gasteiger partial charge on any atom is -0.338 e. The first kappa shape index (κ1) is 19.5. The number of hydrogen-bond acceptors (Lipinski definition) is 5. The summed E-state index contributed by atoms with van der Waals surface area (Å²) in [5, 5.41) is 0.887. The second-order valence-corrected chi connectivity index (χ2v) is 8.44. The molecule has 2 heterocycles. The molecule has 1 aliphatic heterocycles. The summed E-state index contributed by atoms with van der Waals surface area (Å²) in [5.74, 6) is 0.753. The number of alkyl halides is 3. The minimum absolute atomic E-state index is 0.625. The van der Waals surface area contributed by atoms with E-state index in [-0.39, 0.29) is 0 Å². The highest BCUT2D eigenvalue weighted by Crippen LogP contribution is 2.36. The average molecular weight is 408 g/mol. The van der Waals surface area contributed by atoms with Gasteiger partial charge in [0.25, 0.3) is 0 Å². The smallest absolute Gasteiger partial charge is 0.338 e. The van der Waals surface area contributed by atoms with Gasteiger partial charge in [0.15, 0.2) is 0 Å². The number of aryl methyl sites for hydroxylation is 1. The zero-order valence-electron chi connectivity index (χ0n) is 15.8. The fraction of sp³-hybridized carbons (Fsp3) is 0.500. The molecule has 1 aromatic carbocycles. The van der Waals surface area contributed by atoms with E-state index >= 15 is 0 Å². The molecular formula is C20H23F3N4S. The first-order chi connectivity index (χ1) is 13.4. The van der Waals surface area contributed by atoms with Gasteiger partial charge in [-0.1, -0.05) is 11.8 Å². The van der Waals surface area contributed by atoms with E-state index in [9.17, 15) is 13.2 Å². The fourth-order valence-electron chi connectivity index (χ4n) is 3.60. The van der Waals surface area contributed by atoms with Gasteiger partial charge in [0.05, 0.1) is 11.3 Å². The van der Waals surface area contributed by atoms with E-state index in [0.717, 1.165) is 91.1 Å². The zero-order valence-corrected chi connectivity index (χ0v) is 16.6. The molecule has 0 saturated carbocycles. The van der Waals surface area contributed by atoms with E-state index in [0.29, 0.717) is 0 Å². The lowest BCUT2D eigenvalue weighted by Crippen LogP contribution is -2.45. The van der Waals surface area contributed by atoms with Gasteiger partial charge in [-0.25, -0.2) is 9.97 Å². The van der Waals surface area contributed by atoms with E-state index in [1.165, 1.54) is 23.9 Å². The van der Waals surface area contributed by atoms with Crippen LogP contribution in [0.25, 0.3) is 0 Å². The molecule has 1 aliphatic carbocycles. The van der Waals surface area contributed by atoms with Crippen LogP contribution in [0, 0.1) is 0 Å². The molecule has 0 unspecified atom stereocenters. The summed E-state index contributed by atoms with van der Waals surface area (Å²) >= 11 is 1.44. The Hall–Kier alpha value is -1.80. The van der Waals surface area contributed by atoms with Crippen molar-refractivity contribution in [1.82, 2.24) is 14.9 Å². The summed E-state index contributed by atoms with van der Waals surface area (Å²) in [6.07, 6.45) is -0.215. The van der Waals surface area contributed by atoms with Crippen molar-refractivity contribution in [3.63, 3.8) is 0 Å². The van der Waals surface area contributed by atoms with Crippen molar-refractivity contribution in [3.8, 4) is 0 Å². The first-order valence-electron chi connectivity index (χ1n) is 9.58. The van der Waals surface area contributed by atoms with E-state index < -0.39 is 11.7 Å². The molecule has 1 aromatic heterocycles. The summed E-state index contributed by atoms with van der Waals surface area (Å²) in [7, 11) is 2.11. The Kier molecular flexibility index (Phi) is 5.51. The van der Waals surface area contributed by atoms with Crippen LogP contribution in [0.15, 0.2) is 34.2 Å². The lowest BCUT2D eigenvalue weighted by atomic mass is 9.97. The summed E-state index contributed by atoms with van der Waals surface area (Å²) in [4.78, 5) is 14.9. The molecule has 8 heteroatoms. The van der Waals surface area contributed by atoms with Gasteiger partial charge in [0, 0.05) is 36.6 Å². The molecule has 0 atom stereocenters. The number of likely N-dealkylation sites (N-methyl/N-ethyl adjacent to an activating group) is 1. The summed E-state index contributed by atoms with van der Waals surface area (Å²) < 4.78 is 38.5. The Bertz CT molecular complexity index is 831. The van der Waals surface area contributed by atoms with Crippen molar-refractivity contribution in [2.24, 2.45) is 0 Å². The minimum atomic E-state index is -4.31. The topological polar surface area (TPSA) is 32.3 Å². The zero-order chi connectivity index (χ0) is 19.7. The van der Waals surface area contributed by atoms with Gasteiger partial charge in [-0.15, -0.1) is 0 Å². The number of benzene rings is 1. The van der Waals surface area contributed by atoms with Crippen LogP contribution in [-0.4, -0.2) is 48.1 Å². The van der Waals surface area contributed by atoms with E-state index in [2.05, 4.69) is 16.8 Å². The quantitative estimate of drug-likeness (QED) is 0.708. The second-order valence-electron chi connectivity index (χ2n) is 7.38. The van der Waals surface area contributed by atoms with Gasteiger partial charge in [0.1, 0.15) is 5.03 Å². The van der Waals surface area contributed by atoms with Crippen molar-refractivity contribution >= 4 is 17.7 Å². The second kappa shape index (κ2) is 7.91. The van der Waals surface area contributed by atoms with Gasteiger partial charge < -0.3 is 9.80 Å². The normalized spacial score (nSPS) is 18.2. The highest BCUT2D eigenvalue weighted by atomic mass is 32.2. The van der Waals surface area contributed by atoms with E-state index in [1.807, 2.05) is 0 Å². The summed E-state index contributed by atoms with van der Waals surface area (Å²) in [6, 6.07) is 5.33. The number of aromatic nitrogens is 2. The van der Waals surface area contributed by atoms with Gasteiger partial charge in [-0.3, -0.25) is 0 Å². The lowest BCUT2D eigenvalue weighted by molar-refractivity contribution is -0.137. The molecule has 0 N–H and O–H groups in total. The molecule has 4 rings (SSSR count). The SMILES string of the molecule is CN1CCN(c2nc3c(c(Sc4ccc(C(F)(F)F)cc4)n2)CCCC3)CC1. The maximum Gasteiger partial charge on any atom is 0.416 e. The van der Waals surface area contributed by atoms with E-state index in [1.54, 1.807) is 0 Å². The molecule has 150 valence electrons. The molecule has 1 saturated heterocycles. The number of anilines is 1. The molecule has 0 amide bonds. The van der Waals surface area contributed by atoms with Crippen molar-refractivity contribution in [3.05, 3.63) is 41.1 Å². The van der Waals surface area contributed by atoms with Crippen LogP contribution in [0.4, 0.5) is 19.1 Å². The van der Waals surface area contributed by atoms with Gasteiger partial charge in [0.2, 0.25) is 5.95 Å². The highest BCUT2D eigenvalue weighted by Gasteiger charge is 2.30. The predicted molar refractivity (Wildman–Crippen MR) is 104 cm³/mol. The third kappa shape index (κ3) is 4.27. The van der Waals surface area contributed by atoms with Gasteiger partial charge in [-0.05, 0) is 57.0 Å². The number of halogens is 3. The lowest BCUT2D eigenvalue weighted by Gasteiger charge is -2.33. The molecule has 28 heavy (non-hydrogen) atoms. The van der Waals surface area contributed by atoms with Crippen LogP contribution < -0.4 is 4.90 Å². The molecule has 2 aromatic rings. The van der Waals surface area contributed by atoms with Crippen LogP contribution in [0.2, 0.25) is 0 Å². The number of rotatable bonds is 3. The largest absolute Gasteiger partial charge is 0.416 e. The fourth-order valence-corrected chi connectivity index (χ4v) is 4.57. The molecule has 0 spiro atoms. The summed E-state index contributed by atoms with van der Waals surface area (Å²) in [5.41, 5.74) is 1.64. The van der Waals surface area contributed by atoms with Crippen LogP contribution in [-0.2, 0) is 19.0 Å². The van der Waals surface area contributed by atoms with Gasteiger partial charge >= 0.3 is 6.18 Å². The van der Waals surface area contributed by atoms with Crippen LogP contribution in [0.3, 0.4) is 0 Å². The highest BCUT2D eigenvalue weighted by molar-refractivity contribution is 7.99. The predicted octanol–water partition coefficient (Wildman–Crippen LogP) is 4.28. The Morgan fingerprint density at radius 3 is 2.29 bits per heavy atom. The molecular weight excluding hydrogens is 385 g/mol. The third-order valence-corrected chi connectivity index (χ3v) is 6.35. The number of piperazine rings is 1. The molecule has 2 aliphatic rings. The molecule has 0 radical (unpaired) electrons. The number of hydrogen-bond donors (Lipinski definition) is 0. The van der Waals surface area contributed by atoms with Crippen molar-refractivity contribution < 1.29 is 13.2 Å². The van der Waals surface area contributed by atoms with Crippen LogP contribution in [0.1, 0.15) is 29.7 Å². The van der Waals surface area contributed by atoms with Crippen molar-refractivity contribution in [1.29, 1.82) is 0 Å². The number of nitrogens with zero attached hydrogens (tertiary/aromatic N) is 4.